The number of nitrogens with two attached hydrogens (primary N) is 1. The first-order valence-corrected chi connectivity index (χ1v) is 5.94. The minimum Gasteiger partial charge on any atom is -0.373 e. The molecule has 0 fully saturated rings. The molecule has 0 saturated carbocycles. The standard InChI is InChI=1S/C13H19N3O/c1-10-8-15(2)11-5-3-4-6-12(11)16(9-10)13(17)7-14/h3-6,10H,7-9,14H2,1-2H3/t10-/m0/s1. The van der Waals surface area contributed by atoms with Crippen molar-refractivity contribution in [3.63, 3.8) is 0 Å². The van der Waals surface area contributed by atoms with Crippen molar-refractivity contribution >= 4 is 17.3 Å². The highest BCUT2D eigenvalue weighted by atomic mass is 16.2. The maximum Gasteiger partial charge on any atom is 0.240 e. The number of nitrogens with zero attached hydrogens (tertiary/aromatic N) is 2. The number of amides is 1. The van der Waals surface area contributed by atoms with Crippen LogP contribution < -0.4 is 15.5 Å². The Kier molecular flexibility index (Phi) is 3.33. The van der Waals surface area contributed by atoms with Crippen LogP contribution in [0.1, 0.15) is 6.92 Å². The molecule has 1 aromatic rings. The zero-order chi connectivity index (χ0) is 12.4. The van der Waals surface area contributed by atoms with E-state index in [2.05, 4.69) is 18.9 Å². The Bertz CT molecular complexity index is 419. The second-order valence-electron chi connectivity index (χ2n) is 4.68. The number of anilines is 2. The largest absolute Gasteiger partial charge is 0.373 e. The SMILES string of the molecule is C[C@H]1CN(C)c2ccccc2N(C(=O)CN)C1. The Hall–Kier alpha value is -1.55. The third-order valence-corrected chi connectivity index (χ3v) is 3.14. The zero-order valence-corrected chi connectivity index (χ0v) is 10.4. The van der Waals surface area contributed by atoms with Gasteiger partial charge in [-0.15, -0.1) is 0 Å². The second-order valence-corrected chi connectivity index (χ2v) is 4.68. The average molecular weight is 233 g/mol. The van der Waals surface area contributed by atoms with Crippen molar-refractivity contribution in [2.24, 2.45) is 11.7 Å². The van der Waals surface area contributed by atoms with Gasteiger partial charge in [0.25, 0.3) is 0 Å². The Morgan fingerprint density at radius 3 is 2.65 bits per heavy atom. The predicted molar refractivity (Wildman–Crippen MR) is 70.3 cm³/mol. The van der Waals surface area contributed by atoms with Crippen LogP contribution in [-0.4, -0.2) is 32.6 Å². The number of para-hydroxylation sites is 2. The molecule has 0 aromatic heterocycles. The fourth-order valence-corrected chi connectivity index (χ4v) is 2.40. The molecule has 4 nitrogen and oxygen atoms in total. The van der Waals surface area contributed by atoms with Crippen LogP contribution in [0.25, 0.3) is 0 Å². The molecule has 92 valence electrons. The summed E-state index contributed by atoms with van der Waals surface area (Å²) in [6.45, 7) is 3.90. The molecule has 0 bridgehead atoms. The van der Waals surface area contributed by atoms with E-state index >= 15 is 0 Å². The lowest BCUT2D eigenvalue weighted by molar-refractivity contribution is -0.117. The third kappa shape index (κ3) is 2.26. The van der Waals surface area contributed by atoms with E-state index in [9.17, 15) is 4.79 Å². The lowest BCUT2D eigenvalue weighted by Crippen LogP contribution is -2.38. The van der Waals surface area contributed by atoms with E-state index in [1.165, 1.54) is 0 Å². The highest BCUT2D eigenvalue weighted by molar-refractivity contribution is 5.98. The Morgan fingerprint density at radius 1 is 1.35 bits per heavy atom. The lowest BCUT2D eigenvalue weighted by Gasteiger charge is -2.23. The van der Waals surface area contributed by atoms with Crippen molar-refractivity contribution in [1.82, 2.24) is 0 Å². The van der Waals surface area contributed by atoms with Crippen LogP contribution in [0.15, 0.2) is 24.3 Å². The van der Waals surface area contributed by atoms with Gasteiger partial charge in [0.05, 0.1) is 17.9 Å². The fourth-order valence-electron chi connectivity index (χ4n) is 2.40. The van der Waals surface area contributed by atoms with Gasteiger partial charge in [-0.25, -0.2) is 0 Å². The Balaban J connectivity index is 2.45. The van der Waals surface area contributed by atoms with Gasteiger partial charge in [-0.2, -0.15) is 0 Å². The molecule has 4 heteroatoms. The van der Waals surface area contributed by atoms with Gasteiger partial charge in [0.15, 0.2) is 0 Å². The van der Waals surface area contributed by atoms with Gasteiger partial charge >= 0.3 is 0 Å². The Morgan fingerprint density at radius 2 is 2.00 bits per heavy atom. The van der Waals surface area contributed by atoms with Gasteiger partial charge < -0.3 is 15.5 Å². The number of carbonyl (C=O) groups is 1. The maximum atomic E-state index is 11.9. The minimum absolute atomic E-state index is 0.0143. The molecule has 0 unspecified atom stereocenters. The highest BCUT2D eigenvalue weighted by Gasteiger charge is 2.25. The topological polar surface area (TPSA) is 49.6 Å². The fraction of sp³-hybridized carbons (Fsp3) is 0.462. The summed E-state index contributed by atoms with van der Waals surface area (Å²) in [5.41, 5.74) is 7.55. The van der Waals surface area contributed by atoms with E-state index in [4.69, 9.17) is 5.73 Å². The quantitative estimate of drug-likeness (QED) is 0.789. The van der Waals surface area contributed by atoms with Gasteiger partial charge in [0.2, 0.25) is 5.91 Å². The van der Waals surface area contributed by atoms with E-state index in [-0.39, 0.29) is 12.5 Å². The van der Waals surface area contributed by atoms with Crippen molar-refractivity contribution < 1.29 is 4.79 Å². The average Bonchev–Trinajstić information content (AvgIpc) is 2.46. The van der Waals surface area contributed by atoms with Crippen molar-refractivity contribution in [3.8, 4) is 0 Å². The summed E-state index contributed by atoms with van der Waals surface area (Å²) in [6.07, 6.45) is 0. The van der Waals surface area contributed by atoms with Crippen LogP contribution in [0.2, 0.25) is 0 Å². The predicted octanol–water partition coefficient (Wildman–Crippen LogP) is 1.06. The molecule has 1 aliphatic heterocycles. The number of hydrogen-bond donors (Lipinski definition) is 1. The number of rotatable bonds is 1. The number of hydrogen-bond acceptors (Lipinski definition) is 3. The van der Waals surface area contributed by atoms with Gasteiger partial charge in [0, 0.05) is 20.1 Å². The van der Waals surface area contributed by atoms with E-state index in [0.29, 0.717) is 5.92 Å². The Labute approximate surface area is 102 Å². The van der Waals surface area contributed by atoms with Crippen molar-refractivity contribution in [2.45, 2.75) is 6.92 Å². The molecule has 1 heterocycles. The number of benzene rings is 1. The smallest absolute Gasteiger partial charge is 0.240 e. The first kappa shape index (κ1) is 11.9. The molecular weight excluding hydrogens is 214 g/mol. The van der Waals surface area contributed by atoms with Crippen molar-refractivity contribution in [3.05, 3.63) is 24.3 Å². The van der Waals surface area contributed by atoms with Crippen LogP contribution in [0.5, 0.6) is 0 Å². The molecule has 0 saturated heterocycles. The van der Waals surface area contributed by atoms with Gasteiger partial charge in [-0.3, -0.25) is 4.79 Å². The van der Waals surface area contributed by atoms with Gasteiger partial charge in [-0.1, -0.05) is 19.1 Å². The minimum atomic E-state index is -0.0143. The summed E-state index contributed by atoms with van der Waals surface area (Å²) < 4.78 is 0. The highest BCUT2D eigenvalue weighted by Crippen LogP contribution is 2.32. The summed E-state index contributed by atoms with van der Waals surface area (Å²) >= 11 is 0. The van der Waals surface area contributed by atoms with E-state index in [0.717, 1.165) is 24.5 Å². The molecule has 0 radical (unpaired) electrons. The van der Waals surface area contributed by atoms with Crippen molar-refractivity contribution in [1.29, 1.82) is 0 Å². The monoisotopic (exact) mass is 233 g/mol. The molecule has 17 heavy (non-hydrogen) atoms. The lowest BCUT2D eigenvalue weighted by atomic mass is 10.1. The van der Waals surface area contributed by atoms with E-state index < -0.39 is 0 Å². The number of carbonyl (C=O) groups excluding carboxylic acids is 1. The summed E-state index contributed by atoms with van der Waals surface area (Å²) in [7, 11) is 2.06. The van der Waals surface area contributed by atoms with Crippen molar-refractivity contribution in [2.75, 3.05) is 36.5 Å². The summed E-state index contributed by atoms with van der Waals surface area (Å²) in [6, 6.07) is 7.98. The van der Waals surface area contributed by atoms with Crippen LogP contribution in [0.4, 0.5) is 11.4 Å². The molecule has 1 aliphatic rings. The molecular formula is C13H19N3O. The van der Waals surface area contributed by atoms with E-state index in [1.54, 1.807) is 0 Å². The van der Waals surface area contributed by atoms with Gasteiger partial charge in [0.1, 0.15) is 0 Å². The van der Waals surface area contributed by atoms with Gasteiger partial charge in [-0.05, 0) is 18.1 Å². The normalized spacial score (nSPS) is 19.8. The van der Waals surface area contributed by atoms with Crippen LogP contribution in [0.3, 0.4) is 0 Å². The summed E-state index contributed by atoms with van der Waals surface area (Å²) in [4.78, 5) is 15.9. The first-order valence-electron chi connectivity index (χ1n) is 5.94. The third-order valence-electron chi connectivity index (χ3n) is 3.14. The molecule has 0 spiro atoms. The molecule has 1 amide bonds. The van der Waals surface area contributed by atoms with E-state index in [1.807, 2.05) is 29.2 Å². The molecule has 2 rings (SSSR count). The van der Waals surface area contributed by atoms with Crippen LogP contribution in [0, 0.1) is 5.92 Å². The summed E-state index contributed by atoms with van der Waals surface area (Å²) in [5.74, 6) is 0.419. The zero-order valence-electron chi connectivity index (χ0n) is 10.4. The van der Waals surface area contributed by atoms with Crippen LogP contribution in [-0.2, 0) is 4.79 Å². The first-order chi connectivity index (χ1) is 8.13. The maximum absolute atomic E-state index is 11.9. The number of fused-ring (bicyclic) bond motifs is 1. The summed E-state index contributed by atoms with van der Waals surface area (Å²) in [5, 5.41) is 0. The molecule has 0 aliphatic carbocycles. The molecule has 1 aromatic carbocycles. The molecule has 2 N–H and O–H groups in total. The second kappa shape index (κ2) is 4.75. The molecule has 1 atom stereocenters. The van der Waals surface area contributed by atoms with Crippen LogP contribution >= 0.6 is 0 Å².